The number of aliphatic hydroxyl groups excluding tert-OH is 1. The molecule has 0 amide bonds. The first-order valence-corrected chi connectivity index (χ1v) is 6.77. The summed E-state index contributed by atoms with van der Waals surface area (Å²) in [7, 11) is 0. The fraction of sp³-hybridized carbons (Fsp3) is 0.438. The molecule has 0 aliphatic heterocycles. The lowest BCUT2D eigenvalue weighted by molar-refractivity contribution is -0.0579. The van der Waals surface area contributed by atoms with Crippen LogP contribution in [0.5, 0.6) is 0 Å². The highest BCUT2D eigenvalue weighted by molar-refractivity contribution is 5.85. The number of fused-ring (bicyclic) bond motifs is 1. The zero-order valence-corrected chi connectivity index (χ0v) is 11.7. The van der Waals surface area contributed by atoms with E-state index in [0.717, 1.165) is 16.3 Å². The van der Waals surface area contributed by atoms with Crippen molar-refractivity contribution in [2.75, 3.05) is 6.61 Å². The largest absolute Gasteiger partial charge is 0.386 e. The molecule has 3 heteroatoms. The van der Waals surface area contributed by atoms with Crippen molar-refractivity contribution in [2.24, 2.45) is 5.92 Å². The van der Waals surface area contributed by atoms with Crippen LogP contribution in [0.25, 0.3) is 10.8 Å². The van der Waals surface area contributed by atoms with Gasteiger partial charge in [-0.15, -0.1) is 0 Å². The summed E-state index contributed by atoms with van der Waals surface area (Å²) in [4.78, 5) is 4.15. The lowest BCUT2D eigenvalue weighted by Gasteiger charge is -2.27. The van der Waals surface area contributed by atoms with E-state index in [1.807, 2.05) is 31.2 Å². The minimum atomic E-state index is -0.632. The average Bonchev–Trinajstić information content (AvgIpc) is 2.43. The first-order valence-electron chi connectivity index (χ1n) is 6.77. The van der Waals surface area contributed by atoms with Crippen LogP contribution < -0.4 is 0 Å². The van der Waals surface area contributed by atoms with Gasteiger partial charge in [-0.2, -0.15) is 0 Å². The number of hydrogen-bond acceptors (Lipinski definition) is 3. The normalized spacial score (nSPS) is 14.8. The molecule has 2 atom stereocenters. The van der Waals surface area contributed by atoms with E-state index in [1.165, 1.54) is 0 Å². The molecule has 0 saturated heterocycles. The molecule has 2 unspecified atom stereocenters. The molecule has 3 nitrogen and oxygen atoms in total. The van der Waals surface area contributed by atoms with Crippen LogP contribution in [0, 0.1) is 5.92 Å². The van der Waals surface area contributed by atoms with Gasteiger partial charge in [0, 0.05) is 24.4 Å². The quantitative estimate of drug-likeness (QED) is 0.895. The summed E-state index contributed by atoms with van der Waals surface area (Å²) in [5, 5.41) is 12.7. The Hall–Kier alpha value is -1.45. The second-order valence-electron chi connectivity index (χ2n) is 5.05. The SMILES string of the molecule is CCOC(C(C)C)C(O)c1cccc2ccncc12. The van der Waals surface area contributed by atoms with Crippen LogP contribution in [0.3, 0.4) is 0 Å². The van der Waals surface area contributed by atoms with Gasteiger partial charge in [0.05, 0.1) is 6.10 Å². The Morgan fingerprint density at radius 2 is 2.05 bits per heavy atom. The zero-order valence-electron chi connectivity index (χ0n) is 11.7. The Labute approximate surface area is 114 Å². The number of aliphatic hydroxyl groups is 1. The summed E-state index contributed by atoms with van der Waals surface area (Å²) in [6, 6.07) is 7.89. The van der Waals surface area contributed by atoms with Crippen LogP contribution in [0.2, 0.25) is 0 Å². The lowest BCUT2D eigenvalue weighted by Crippen LogP contribution is -2.28. The molecule has 102 valence electrons. The van der Waals surface area contributed by atoms with Crippen LogP contribution in [0.4, 0.5) is 0 Å². The third-order valence-corrected chi connectivity index (χ3v) is 3.36. The fourth-order valence-corrected chi connectivity index (χ4v) is 2.41. The highest BCUT2D eigenvalue weighted by Gasteiger charge is 2.25. The van der Waals surface area contributed by atoms with Crippen molar-refractivity contribution in [3.63, 3.8) is 0 Å². The smallest absolute Gasteiger partial charge is 0.106 e. The summed E-state index contributed by atoms with van der Waals surface area (Å²) in [5.74, 6) is 0.252. The van der Waals surface area contributed by atoms with E-state index in [1.54, 1.807) is 12.4 Å². The summed E-state index contributed by atoms with van der Waals surface area (Å²) in [6.45, 7) is 6.68. The molecule has 1 aromatic carbocycles. The van der Waals surface area contributed by atoms with E-state index in [2.05, 4.69) is 18.8 Å². The third kappa shape index (κ3) is 2.94. The summed E-state index contributed by atoms with van der Waals surface area (Å²) < 4.78 is 5.70. The number of hydrogen-bond donors (Lipinski definition) is 1. The van der Waals surface area contributed by atoms with Crippen LogP contribution in [0.15, 0.2) is 36.7 Å². The van der Waals surface area contributed by atoms with Crippen LogP contribution in [-0.4, -0.2) is 22.8 Å². The first kappa shape index (κ1) is 14.0. The third-order valence-electron chi connectivity index (χ3n) is 3.36. The summed E-state index contributed by atoms with van der Waals surface area (Å²) in [6.07, 6.45) is 2.74. The molecule has 19 heavy (non-hydrogen) atoms. The van der Waals surface area contributed by atoms with E-state index in [9.17, 15) is 5.11 Å². The van der Waals surface area contributed by atoms with Gasteiger partial charge in [0.25, 0.3) is 0 Å². The van der Waals surface area contributed by atoms with Crippen LogP contribution >= 0.6 is 0 Å². The van der Waals surface area contributed by atoms with Gasteiger partial charge in [-0.3, -0.25) is 4.98 Å². The van der Waals surface area contributed by atoms with Crippen molar-refractivity contribution >= 4 is 10.8 Å². The van der Waals surface area contributed by atoms with Crippen molar-refractivity contribution in [3.8, 4) is 0 Å². The number of rotatable bonds is 5. The molecular formula is C16H21NO2. The first-order chi connectivity index (χ1) is 9.15. The maximum Gasteiger partial charge on any atom is 0.106 e. The van der Waals surface area contributed by atoms with Crippen LogP contribution in [0.1, 0.15) is 32.4 Å². The lowest BCUT2D eigenvalue weighted by atomic mass is 9.93. The van der Waals surface area contributed by atoms with Gasteiger partial charge in [0.2, 0.25) is 0 Å². The maximum absolute atomic E-state index is 10.6. The van der Waals surface area contributed by atoms with Crippen molar-refractivity contribution in [1.82, 2.24) is 4.98 Å². The van der Waals surface area contributed by atoms with Gasteiger partial charge in [0.1, 0.15) is 6.10 Å². The molecule has 1 N–H and O–H groups in total. The van der Waals surface area contributed by atoms with E-state index in [0.29, 0.717) is 6.61 Å². The van der Waals surface area contributed by atoms with Gasteiger partial charge >= 0.3 is 0 Å². The Morgan fingerprint density at radius 3 is 2.74 bits per heavy atom. The number of aromatic nitrogens is 1. The maximum atomic E-state index is 10.6. The Bertz CT molecular complexity index is 534. The van der Waals surface area contributed by atoms with Gasteiger partial charge in [-0.05, 0) is 29.9 Å². The standard InChI is InChI=1S/C16H21NO2/c1-4-19-16(11(2)3)15(18)13-7-5-6-12-8-9-17-10-14(12)13/h5-11,15-16,18H,4H2,1-3H3. The molecular weight excluding hydrogens is 238 g/mol. The molecule has 2 aromatic rings. The topological polar surface area (TPSA) is 42.4 Å². The predicted molar refractivity (Wildman–Crippen MR) is 77.0 cm³/mol. The van der Waals surface area contributed by atoms with Crippen molar-refractivity contribution in [3.05, 3.63) is 42.2 Å². The fourth-order valence-electron chi connectivity index (χ4n) is 2.41. The molecule has 1 heterocycles. The zero-order chi connectivity index (χ0) is 13.8. The second kappa shape index (κ2) is 6.13. The molecule has 0 saturated carbocycles. The van der Waals surface area contributed by atoms with E-state index < -0.39 is 6.10 Å². The molecule has 0 aliphatic carbocycles. The van der Waals surface area contributed by atoms with E-state index in [-0.39, 0.29) is 12.0 Å². The van der Waals surface area contributed by atoms with Gasteiger partial charge in [0.15, 0.2) is 0 Å². The van der Waals surface area contributed by atoms with Crippen LogP contribution in [-0.2, 0) is 4.74 Å². The van der Waals surface area contributed by atoms with Crippen molar-refractivity contribution in [2.45, 2.75) is 33.0 Å². The number of benzene rings is 1. The van der Waals surface area contributed by atoms with E-state index >= 15 is 0 Å². The minimum Gasteiger partial charge on any atom is -0.386 e. The summed E-state index contributed by atoms with van der Waals surface area (Å²) in [5.41, 5.74) is 0.887. The van der Waals surface area contributed by atoms with Crippen molar-refractivity contribution in [1.29, 1.82) is 0 Å². The highest BCUT2D eigenvalue weighted by Crippen LogP contribution is 2.29. The number of ether oxygens (including phenoxy) is 1. The second-order valence-corrected chi connectivity index (χ2v) is 5.05. The van der Waals surface area contributed by atoms with Gasteiger partial charge in [-0.1, -0.05) is 32.0 Å². The van der Waals surface area contributed by atoms with Crippen molar-refractivity contribution < 1.29 is 9.84 Å². The highest BCUT2D eigenvalue weighted by atomic mass is 16.5. The number of pyridine rings is 1. The molecule has 2 rings (SSSR count). The Balaban J connectivity index is 2.42. The Morgan fingerprint density at radius 1 is 1.26 bits per heavy atom. The molecule has 0 bridgehead atoms. The Kier molecular flexibility index (Phi) is 4.51. The van der Waals surface area contributed by atoms with Gasteiger partial charge in [-0.25, -0.2) is 0 Å². The minimum absolute atomic E-state index is 0.198. The average molecular weight is 259 g/mol. The molecule has 0 fully saturated rings. The van der Waals surface area contributed by atoms with Gasteiger partial charge < -0.3 is 9.84 Å². The number of nitrogens with zero attached hydrogens (tertiary/aromatic N) is 1. The molecule has 1 aromatic heterocycles. The molecule has 0 spiro atoms. The predicted octanol–water partition coefficient (Wildman–Crippen LogP) is 3.33. The monoisotopic (exact) mass is 259 g/mol. The summed E-state index contributed by atoms with van der Waals surface area (Å²) >= 11 is 0. The molecule has 0 aliphatic rings. The van der Waals surface area contributed by atoms with E-state index in [4.69, 9.17) is 4.74 Å². The molecule has 0 radical (unpaired) electrons.